The van der Waals surface area contributed by atoms with Crippen LogP contribution < -0.4 is 10.1 Å². The normalized spacial score (nSPS) is 11.1. The van der Waals surface area contributed by atoms with Crippen molar-refractivity contribution < 1.29 is 4.74 Å². The average Bonchev–Trinajstić information content (AvgIpc) is 3.36. The van der Waals surface area contributed by atoms with Crippen LogP contribution in [0.3, 0.4) is 0 Å². The number of pyridine rings is 1. The van der Waals surface area contributed by atoms with Gasteiger partial charge in [-0.15, -0.1) is 11.3 Å². The third kappa shape index (κ3) is 4.68. The second-order valence-electron chi connectivity index (χ2n) is 7.49. The molecular weight excluding hydrogens is 394 g/mol. The predicted octanol–water partition coefficient (Wildman–Crippen LogP) is 5.40. The molecule has 0 saturated heterocycles. The minimum Gasteiger partial charge on any atom is -0.497 e. The van der Waals surface area contributed by atoms with E-state index in [2.05, 4.69) is 46.3 Å². The van der Waals surface area contributed by atoms with Crippen LogP contribution in [0.5, 0.6) is 5.75 Å². The van der Waals surface area contributed by atoms with Gasteiger partial charge in [0.25, 0.3) is 0 Å². The number of nitrogens with one attached hydrogen (secondary N) is 1. The Morgan fingerprint density at radius 2 is 1.97 bits per heavy atom. The van der Waals surface area contributed by atoms with Crippen molar-refractivity contribution in [2.24, 2.45) is 5.92 Å². The molecule has 0 unspecified atom stereocenters. The smallest absolute Gasteiger partial charge is 0.188 e. The van der Waals surface area contributed by atoms with E-state index in [9.17, 15) is 0 Å². The zero-order valence-corrected chi connectivity index (χ0v) is 18.2. The molecule has 6 nitrogen and oxygen atoms in total. The van der Waals surface area contributed by atoms with Gasteiger partial charge in [-0.2, -0.15) is 5.10 Å². The summed E-state index contributed by atoms with van der Waals surface area (Å²) < 4.78 is 7.35. The van der Waals surface area contributed by atoms with Crippen LogP contribution >= 0.6 is 11.3 Å². The lowest BCUT2D eigenvalue weighted by atomic mass is 10.0. The van der Waals surface area contributed by atoms with Gasteiger partial charge in [-0.05, 0) is 42.2 Å². The number of aromatic nitrogens is 4. The fourth-order valence-corrected chi connectivity index (χ4v) is 3.99. The van der Waals surface area contributed by atoms with Crippen LogP contribution in [0.2, 0.25) is 0 Å². The highest BCUT2D eigenvalue weighted by Gasteiger charge is 2.17. The van der Waals surface area contributed by atoms with Crippen LogP contribution in [-0.2, 0) is 13.0 Å². The van der Waals surface area contributed by atoms with Crippen molar-refractivity contribution in [2.75, 3.05) is 12.4 Å². The quantitative estimate of drug-likeness (QED) is 0.414. The summed E-state index contributed by atoms with van der Waals surface area (Å²) in [4.78, 5) is 9.09. The van der Waals surface area contributed by atoms with Gasteiger partial charge in [0.05, 0.1) is 25.5 Å². The number of hydrogen-bond donors (Lipinski definition) is 1. The summed E-state index contributed by atoms with van der Waals surface area (Å²) in [6, 6.07) is 13.9. The molecule has 0 spiro atoms. The molecule has 0 aliphatic rings. The van der Waals surface area contributed by atoms with Crippen molar-refractivity contribution in [2.45, 2.75) is 26.8 Å². The molecule has 7 heteroatoms. The molecule has 0 atom stereocenters. The highest BCUT2D eigenvalue weighted by atomic mass is 32.1. The molecule has 154 valence electrons. The molecule has 1 N–H and O–H groups in total. The third-order valence-corrected chi connectivity index (χ3v) is 5.48. The Kier molecular flexibility index (Phi) is 6.09. The van der Waals surface area contributed by atoms with E-state index in [-0.39, 0.29) is 0 Å². The SMILES string of the molecule is COc1ccc(Cn2ncc(-c3csc(Nc4ccccn4)n3)c2CC(C)C)cc1. The fraction of sp³-hybridized carbons (Fsp3) is 0.261. The molecule has 30 heavy (non-hydrogen) atoms. The van der Waals surface area contributed by atoms with E-state index in [1.54, 1.807) is 24.6 Å². The van der Waals surface area contributed by atoms with E-state index in [1.807, 2.05) is 36.5 Å². The lowest BCUT2D eigenvalue weighted by Crippen LogP contribution is -2.09. The van der Waals surface area contributed by atoms with Gasteiger partial charge in [0.2, 0.25) is 0 Å². The second-order valence-corrected chi connectivity index (χ2v) is 8.34. The summed E-state index contributed by atoms with van der Waals surface area (Å²) in [5, 5.41) is 10.9. The van der Waals surface area contributed by atoms with Gasteiger partial charge in [-0.25, -0.2) is 9.97 Å². The van der Waals surface area contributed by atoms with Gasteiger partial charge in [0.15, 0.2) is 5.13 Å². The summed E-state index contributed by atoms with van der Waals surface area (Å²) in [5.41, 5.74) is 4.42. The minimum atomic E-state index is 0.514. The first kappa shape index (κ1) is 20.1. The number of thiazole rings is 1. The fourth-order valence-electron chi connectivity index (χ4n) is 3.27. The summed E-state index contributed by atoms with van der Waals surface area (Å²) in [6.45, 7) is 5.17. The summed E-state index contributed by atoms with van der Waals surface area (Å²) in [5.74, 6) is 2.16. The Labute approximate surface area is 180 Å². The molecule has 4 rings (SSSR count). The second kappa shape index (κ2) is 9.09. The lowest BCUT2D eigenvalue weighted by Gasteiger charge is -2.12. The van der Waals surface area contributed by atoms with Crippen LogP contribution in [0.1, 0.15) is 25.1 Å². The van der Waals surface area contributed by atoms with Crippen LogP contribution in [0.15, 0.2) is 60.2 Å². The van der Waals surface area contributed by atoms with Crippen LogP contribution in [0.25, 0.3) is 11.3 Å². The van der Waals surface area contributed by atoms with E-state index in [4.69, 9.17) is 14.8 Å². The first-order chi connectivity index (χ1) is 14.6. The molecule has 0 saturated carbocycles. The maximum absolute atomic E-state index is 5.26. The molecule has 3 heterocycles. The molecule has 4 aromatic rings. The number of benzene rings is 1. The summed E-state index contributed by atoms with van der Waals surface area (Å²) in [7, 11) is 1.68. The predicted molar refractivity (Wildman–Crippen MR) is 121 cm³/mol. The monoisotopic (exact) mass is 419 g/mol. The van der Waals surface area contributed by atoms with Crippen molar-refractivity contribution in [3.63, 3.8) is 0 Å². The van der Waals surface area contributed by atoms with E-state index in [0.717, 1.165) is 40.9 Å². The molecule has 0 aliphatic heterocycles. The molecule has 0 bridgehead atoms. The van der Waals surface area contributed by atoms with E-state index in [0.29, 0.717) is 5.92 Å². The number of methoxy groups -OCH3 is 1. The minimum absolute atomic E-state index is 0.514. The average molecular weight is 420 g/mol. The molecule has 1 aromatic carbocycles. The Bertz CT molecular complexity index is 1090. The van der Waals surface area contributed by atoms with Gasteiger partial charge in [-0.1, -0.05) is 32.0 Å². The largest absolute Gasteiger partial charge is 0.497 e. The van der Waals surface area contributed by atoms with Crippen molar-refractivity contribution in [1.29, 1.82) is 0 Å². The Morgan fingerprint density at radius 1 is 1.13 bits per heavy atom. The zero-order valence-electron chi connectivity index (χ0n) is 17.4. The summed E-state index contributed by atoms with van der Waals surface area (Å²) in [6.07, 6.45) is 4.63. The van der Waals surface area contributed by atoms with Crippen molar-refractivity contribution in [1.82, 2.24) is 19.7 Å². The van der Waals surface area contributed by atoms with E-state index < -0.39 is 0 Å². The van der Waals surface area contributed by atoms with Crippen LogP contribution in [-0.4, -0.2) is 26.9 Å². The third-order valence-electron chi connectivity index (χ3n) is 4.72. The first-order valence-corrected chi connectivity index (χ1v) is 10.8. The van der Waals surface area contributed by atoms with Gasteiger partial charge in [0.1, 0.15) is 11.6 Å². The number of rotatable bonds is 8. The van der Waals surface area contributed by atoms with Crippen LogP contribution in [0.4, 0.5) is 10.9 Å². The van der Waals surface area contributed by atoms with Gasteiger partial charge in [-0.3, -0.25) is 4.68 Å². The van der Waals surface area contributed by atoms with Crippen LogP contribution in [0, 0.1) is 5.92 Å². The topological polar surface area (TPSA) is 64.9 Å². The molecule has 0 aliphatic carbocycles. The Morgan fingerprint density at radius 3 is 2.67 bits per heavy atom. The lowest BCUT2D eigenvalue weighted by molar-refractivity contribution is 0.414. The molecule has 3 aromatic heterocycles. The Balaban J connectivity index is 1.60. The number of ether oxygens (including phenoxy) is 1. The van der Waals surface area contributed by atoms with E-state index >= 15 is 0 Å². The molecule has 0 fully saturated rings. The summed E-state index contributed by atoms with van der Waals surface area (Å²) >= 11 is 1.57. The van der Waals surface area contributed by atoms with E-state index in [1.165, 1.54) is 11.3 Å². The number of nitrogens with zero attached hydrogens (tertiary/aromatic N) is 4. The number of anilines is 2. The molecular formula is C23H25N5OS. The maximum Gasteiger partial charge on any atom is 0.188 e. The highest BCUT2D eigenvalue weighted by Crippen LogP contribution is 2.30. The number of hydrogen-bond acceptors (Lipinski definition) is 6. The zero-order chi connectivity index (χ0) is 20.9. The van der Waals surface area contributed by atoms with Crippen molar-refractivity contribution >= 4 is 22.3 Å². The van der Waals surface area contributed by atoms with Crippen molar-refractivity contribution in [3.8, 4) is 17.0 Å². The Hall–Kier alpha value is -3.19. The van der Waals surface area contributed by atoms with Gasteiger partial charge < -0.3 is 10.1 Å². The maximum atomic E-state index is 5.26. The highest BCUT2D eigenvalue weighted by molar-refractivity contribution is 7.14. The molecule has 0 amide bonds. The standard InChI is InChI=1S/C23H25N5OS/c1-16(2)12-21-19(13-25-28(21)14-17-7-9-18(29-3)10-8-17)20-15-30-23(26-20)27-22-6-4-5-11-24-22/h4-11,13,15-16H,12,14H2,1-3H3,(H,24,26,27). The molecule has 0 radical (unpaired) electrons. The first-order valence-electron chi connectivity index (χ1n) is 9.94. The van der Waals surface area contributed by atoms with Gasteiger partial charge >= 0.3 is 0 Å². The van der Waals surface area contributed by atoms with Gasteiger partial charge in [0, 0.05) is 22.8 Å². The van der Waals surface area contributed by atoms with Crippen molar-refractivity contribution in [3.05, 3.63) is 71.5 Å².